The van der Waals surface area contributed by atoms with Gasteiger partial charge < -0.3 is 9.88 Å². The lowest BCUT2D eigenvalue weighted by Crippen LogP contribution is -2.23. The fourth-order valence-corrected chi connectivity index (χ4v) is 4.77. The molecular formula is C23H18F2N2O3S. The highest BCUT2D eigenvalue weighted by Gasteiger charge is 2.24. The third kappa shape index (κ3) is 4.64. The molecule has 3 aromatic carbocycles. The fraction of sp³-hybridized carbons (Fsp3) is 0.0870. The van der Waals surface area contributed by atoms with Crippen LogP contribution >= 0.6 is 0 Å². The number of nitrogens with zero attached hydrogens (tertiary/aromatic N) is 1. The van der Waals surface area contributed by atoms with Crippen LogP contribution in [0.2, 0.25) is 0 Å². The van der Waals surface area contributed by atoms with E-state index in [1.165, 1.54) is 42.6 Å². The number of halogens is 2. The Morgan fingerprint density at radius 3 is 2.39 bits per heavy atom. The van der Waals surface area contributed by atoms with Crippen LogP contribution in [-0.4, -0.2) is 24.6 Å². The number of anilines is 1. The molecule has 1 N–H and O–H groups in total. The van der Waals surface area contributed by atoms with E-state index in [9.17, 15) is 22.0 Å². The monoisotopic (exact) mass is 440 g/mol. The highest BCUT2D eigenvalue weighted by atomic mass is 32.2. The van der Waals surface area contributed by atoms with Crippen LogP contribution in [0.15, 0.2) is 83.9 Å². The maximum absolute atomic E-state index is 13.6. The van der Waals surface area contributed by atoms with Crippen molar-refractivity contribution >= 4 is 32.3 Å². The van der Waals surface area contributed by atoms with Gasteiger partial charge >= 0.3 is 0 Å². The molecular weight excluding hydrogens is 422 g/mol. The summed E-state index contributed by atoms with van der Waals surface area (Å²) in [6.07, 6.45) is 1.47. The van der Waals surface area contributed by atoms with Crippen molar-refractivity contribution < 1.29 is 22.0 Å². The summed E-state index contributed by atoms with van der Waals surface area (Å²) in [7, 11) is -3.98. The first-order valence-corrected chi connectivity index (χ1v) is 11.1. The molecule has 0 radical (unpaired) electrons. The second-order valence-electron chi connectivity index (χ2n) is 7.08. The summed E-state index contributed by atoms with van der Waals surface area (Å²) in [4.78, 5) is 12.3. The van der Waals surface area contributed by atoms with Crippen LogP contribution in [0.1, 0.15) is 5.56 Å². The van der Waals surface area contributed by atoms with Gasteiger partial charge in [0.05, 0.1) is 4.90 Å². The number of fused-ring (bicyclic) bond motifs is 1. The Balaban J connectivity index is 1.63. The lowest BCUT2D eigenvalue weighted by Gasteiger charge is -2.06. The Morgan fingerprint density at radius 2 is 1.65 bits per heavy atom. The average Bonchev–Trinajstić information content (AvgIpc) is 3.09. The van der Waals surface area contributed by atoms with Crippen molar-refractivity contribution in [3.8, 4) is 0 Å². The second-order valence-corrected chi connectivity index (χ2v) is 9.04. The van der Waals surface area contributed by atoms with Crippen LogP contribution < -0.4 is 5.32 Å². The molecule has 1 amide bonds. The van der Waals surface area contributed by atoms with Crippen LogP contribution in [0.5, 0.6) is 0 Å². The van der Waals surface area contributed by atoms with Crippen LogP contribution in [0, 0.1) is 11.6 Å². The smallest absolute Gasteiger partial charge is 0.239 e. The predicted molar refractivity (Wildman–Crippen MR) is 115 cm³/mol. The van der Waals surface area contributed by atoms with Gasteiger partial charge in [0.2, 0.25) is 5.91 Å². The number of aromatic nitrogens is 1. The van der Waals surface area contributed by atoms with E-state index in [1.807, 2.05) is 0 Å². The Bertz CT molecular complexity index is 1360. The van der Waals surface area contributed by atoms with Gasteiger partial charge in [-0.05, 0) is 48.0 Å². The maximum atomic E-state index is 13.6. The van der Waals surface area contributed by atoms with Crippen molar-refractivity contribution in [2.75, 3.05) is 11.1 Å². The maximum Gasteiger partial charge on any atom is 0.239 e. The number of nitrogens with one attached hydrogen (secondary N) is 1. The van der Waals surface area contributed by atoms with Crippen LogP contribution in [-0.2, 0) is 21.2 Å². The highest BCUT2D eigenvalue weighted by molar-refractivity contribution is 7.92. The largest absolute Gasteiger partial charge is 0.342 e. The summed E-state index contributed by atoms with van der Waals surface area (Å²) in [5.41, 5.74) is 1.64. The SMILES string of the molecule is O=C(CS(=O)(=O)c1cn(Cc2cccc(F)c2)c2ccccc12)Nc1ccc(F)cc1. The first kappa shape index (κ1) is 20.7. The quantitative estimate of drug-likeness (QED) is 0.484. The van der Waals surface area contributed by atoms with Crippen molar-refractivity contribution in [2.45, 2.75) is 11.4 Å². The van der Waals surface area contributed by atoms with Gasteiger partial charge in [0.15, 0.2) is 9.84 Å². The van der Waals surface area contributed by atoms with E-state index in [2.05, 4.69) is 5.32 Å². The summed E-state index contributed by atoms with van der Waals surface area (Å²) >= 11 is 0. The van der Waals surface area contributed by atoms with Crippen LogP contribution in [0.3, 0.4) is 0 Å². The highest BCUT2D eigenvalue weighted by Crippen LogP contribution is 2.27. The number of carbonyl (C=O) groups is 1. The van der Waals surface area contributed by atoms with E-state index < -0.39 is 27.3 Å². The summed E-state index contributed by atoms with van der Waals surface area (Å²) in [6, 6.07) is 18.1. The molecule has 0 aliphatic carbocycles. The first-order chi connectivity index (χ1) is 14.8. The van der Waals surface area contributed by atoms with Gasteiger partial charge in [0.1, 0.15) is 17.4 Å². The molecule has 31 heavy (non-hydrogen) atoms. The fourth-order valence-electron chi connectivity index (χ4n) is 3.40. The van der Waals surface area contributed by atoms with Gasteiger partial charge in [0, 0.05) is 29.3 Å². The molecule has 0 fully saturated rings. The molecule has 5 nitrogen and oxygen atoms in total. The summed E-state index contributed by atoms with van der Waals surface area (Å²) < 4.78 is 54.3. The Hall–Kier alpha value is -3.52. The number of amides is 1. The molecule has 0 bridgehead atoms. The van der Waals surface area contributed by atoms with Gasteiger partial charge in [-0.3, -0.25) is 4.79 Å². The molecule has 4 aromatic rings. The minimum absolute atomic E-state index is 0.0220. The molecule has 1 heterocycles. The standard InChI is InChI=1S/C23H18F2N2O3S/c24-17-8-10-19(11-9-17)26-23(28)15-31(29,30)22-14-27(21-7-2-1-6-20(21)22)13-16-4-3-5-18(25)12-16/h1-12,14H,13,15H2,(H,26,28). The van der Waals surface area contributed by atoms with Crippen molar-refractivity contribution in [3.63, 3.8) is 0 Å². The zero-order chi connectivity index (χ0) is 22.0. The second kappa shape index (κ2) is 8.31. The predicted octanol–water partition coefficient (Wildman–Crippen LogP) is 4.38. The van der Waals surface area contributed by atoms with Gasteiger partial charge in [-0.25, -0.2) is 17.2 Å². The zero-order valence-corrected chi connectivity index (χ0v) is 17.1. The Kier molecular flexibility index (Phi) is 5.56. The molecule has 4 rings (SSSR count). The van der Waals surface area contributed by atoms with E-state index in [1.54, 1.807) is 41.0 Å². The molecule has 0 saturated carbocycles. The van der Waals surface area contributed by atoms with Crippen molar-refractivity contribution in [1.82, 2.24) is 4.57 Å². The topological polar surface area (TPSA) is 68.2 Å². The van der Waals surface area contributed by atoms with Crippen molar-refractivity contribution in [3.05, 3.63) is 96.2 Å². The molecule has 0 saturated heterocycles. The van der Waals surface area contributed by atoms with E-state index in [0.717, 1.165) is 0 Å². The summed E-state index contributed by atoms with van der Waals surface area (Å²) in [6.45, 7) is 0.273. The van der Waals surface area contributed by atoms with E-state index in [-0.39, 0.29) is 17.3 Å². The van der Waals surface area contributed by atoms with Gasteiger partial charge in [0.25, 0.3) is 0 Å². The molecule has 0 aliphatic rings. The van der Waals surface area contributed by atoms with Crippen LogP contribution in [0.4, 0.5) is 14.5 Å². The van der Waals surface area contributed by atoms with Gasteiger partial charge in [-0.2, -0.15) is 0 Å². The van der Waals surface area contributed by atoms with Gasteiger partial charge in [-0.15, -0.1) is 0 Å². The van der Waals surface area contributed by atoms with Crippen molar-refractivity contribution in [2.24, 2.45) is 0 Å². The number of para-hydroxylation sites is 1. The summed E-state index contributed by atoms with van der Waals surface area (Å²) in [5.74, 6) is -2.33. The van der Waals surface area contributed by atoms with Crippen LogP contribution in [0.25, 0.3) is 10.9 Å². The Labute approximate surface area is 177 Å². The zero-order valence-electron chi connectivity index (χ0n) is 16.3. The lowest BCUT2D eigenvalue weighted by molar-refractivity contribution is -0.113. The third-order valence-corrected chi connectivity index (χ3v) is 6.42. The molecule has 0 atom stereocenters. The van der Waals surface area contributed by atoms with E-state index in [0.29, 0.717) is 22.2 Å². The van der Waals surface area contributed by atoms with Gasteiger partial charge in [-0.1, -0.05) is 30.3 Å². The number of rotatable bonds is 6. The normalized spacial score (nSPS) is 11.5. The lowest BCUT2D eigenvalue weighted by atomic mass is 10.2. The molecule has 8 heteroatoms. The number of benzene rings is 3. The van der Waals surface area contributed by atoms with E-state index in [4.69, 9.17) is 0 Å². The first-order valence-electron chi connectivity index (χ1n) is 9.42. The number of sulfone groups is 1. The Morgan fingerprint density at radius 1 is 0.903 bits per heavy atom. The number of hydrogen-bond acceptors (Lipinski definition) is 3. The number of hydrogen-bond donors (Lipinski definition) is 1. The third-order valence-electron chi connectivity index (χ3n) is 4.78. The van der Waals surface area contributed by atoms with E-state index >= 15 is 0 Å². The average molecular weight is 440 g/mol. The van der Waals surface area contributed by atoms with Crippen molar-refractivity contribution in [1.29, 1.82) is 0 Å². The molecule has 158 valence electrons. The summed E-state index contributed by atoms with van der Waals surface area (Å²) in [5, 5.41) is 2.94. The minimum atomic E-state index is -3.98. The molecule has 0 spiro atoms. The molecule has 0 unspecified atom stereocenters. The molecule has 0 aliphatic heterocycles. The molecule has 1 aromatic heterocycles. The minimum Gasteiger partial charge on any atom is -0.342 e. The number of carbonyl (C=O) groups excluding carboxylic acids is 1.